The zero-order valence-electron chi connectivity index (χ0n) is 17.4. The predicted octanol–water partition coefficient (Wildman–Crippen LogP) is 4.80. The molecule has 2 amide bonds. The average molecular weight is 431 g/mol. The molecule has 3 rings (SSSR count). The van der Waals surface area contributed by atoms with Gasteiger partial charge in [-0.05, 0) is 63.9 Å². The van der Waals surface area contributed by atoms with Crippen LogP contribution in [0.25, 0.3) is 0 Å². The second kappa shape index (κ2) is 9.34. The molecule has 1 saturated heterocycles. The molecule has 160 valence electrons. The summed E-state index contributed by atoms with van der Waals surface area (Å²) >= 11 is 5.99. The predicted molar refractivity (Wildman–Crippen MR) is 118 cm³/mol. The summed E-state index contributed by atoms with van der Waals surface area (Å²) in [5.41, 5.74) is 0.561. The SMILES string of the molecule is CC(C)(C)OC(=O)N1CCC(Nc2ncccc2C(=O)Nc2cccc(Cl)c2)CC1. The lowest BCUT2D eigenvalue weighted by Gasteiger charge is -2.34. The monoisotopic (exact) mass is 430 g/mol. The molecule has 7 nitrogen and oxygen atoms in total. The first kappa shape index (κ1) is 21.9. The van der Waals surface area contributed by atoms with Crippen LogP contribution in [0.4, 0.5) is 16.3 Å². The van der Waals surface area contributed by atoms with E-state index in [9.17, 15) is 9.59 Å². The highest BCUT2D eigenvalue weighted by atomic mass is 35.5. The molecule has 0 saturated carbocycles. The standard InChI is InChI=1S/C22H27ClN4O3/c1-22(2,3)30-21(29)27-12-9-16(10-13-27)25-19-18(8-5-11-24-19)20(28)26-17-7-4-6-15(23)14-17/h4-8,11,14,16H,9-10,12-13H2,1-3H3,(H,24,25)(H,26,28). The van der Waals surface area contributed by atoms with Crippen molar-refractivity contribution in [2.75, 3.05) is 23.7 Å². The van der Waals surface area contributed by atoms with Crippen LogP contribution in [0.1, 0.15) is 44.0 Å². The van der Waals surface area contributed by atoms with Crippen LogP contribution in [-0.2, 0) is 4.74 Å². The van der Waals surface area contributed by atoms with Gasteiger partial charge in [-0.1, -0.05) is 17.7 Å². The van der Waals surface area contributed by atoms with E-state index in [4.69, 9.17) is 16.3 Å². The number of amides is 2. The molecule has 2 heterocycles. The minimum absolute atomic E-state index is 0.108. The highest BCUT2D eigenvalue weighted by Gasteiger charge is 2.27. The van der Waals surface area contributed by atoms with Gasteiger partial charge in [-0.25, -0.2) is 9.78 Å². The van der Waals surface area contributed by atoms with E-state index in [1.807, 2.05) is 20.8 Å². The van der Waals surface area contributed by atoms with Gasteiger partial charge in [-0.15, -0.1) is 0 Å². The van der Waals surface area contributed by atoms with Crippen molar-refractivity contribution in [2.24, 2.45) is 0 Å². The number of benzene rings is 1. The lowest BCUT2D eigenvalue weighted by molar-refractivity contribution is 0.0210. The van der Waals surface area contributed by atoms with E-state index in [1.165, 1.54) is 0 Å². The molecule has 1 aromatic heterocycles. The van der Waals surface area contributed by atoms with E-state index in [0.717, 1.165) is 12.8 Å². The minimum Gasteiger partial charge on any atom is -0.444 e. The topological polar surface area (TPSA) is 83.6 Å². The first-order valence-electron chi connectivity index (χ1n) is 9.98. The molecule has 0 aliphatic carbocycles. The molecule has 0 unspecified atom stereocenters. The van der Waals surface area contributed by atoms with Gasteiger partial charge in [-0.3, -0.25) is 4.79 Å². The number of hydrogen-bond donors (Lipinski definition) is 2. The summed E-state index contributed by atoms with van der Waals surface area (Å²) in [6.07, 6.45) is 2.84. The number of pyridine rings is 1. The van der Waals surface area contributed by atoms with Gasteiger partial charge < -0.3 is 20.3 Å². The Morgan fingerprint density at radius 3 is 2.57 bits per heavy atom. The lowest BCUT2D eigenvalue weighted by Crippen LogP contribution is -2.44. The van der Waals surface area contributed by atoms with Crippen LogP contribution in [0.2, 0.25) is 5.02 Å². The van der Waals surface area contributed by atoms with E-state index in [1.54, 1.807) is 47.5 Å². The largest absolute Gasteiger partial charge is 0.444 e. The molecular weight excluding hydrogens is 404 g/mol. The fourth-order valence-electron chi connectivity index (χ4n) is 3.19. The highest BCUT2D eigenvalue weighted by Crippen LogP contribution is 2.22. The third kappa shape index (κ3) is 6.10. The molecule has 0 spiro atoms. The first-order chi connectivity index (χ1) is 14.2. The molecule has 2 N–H and O–H groups in total. The molecule has 0 radical (unpaired) electrons. The van der Waals surface area contributed by atoms with Gasteiger partial charge in [0.05, 0.1) is 5.56 Å². The molecule has 1 fully saturated rings. The normalized spacial score (nSPS) is 14.9. The summed E-state index contributed by atoms with van der Waals surface area (Å²) in [5.74, 6) is 0.256. The van der Waals surface area contributed by atoms with Gasteiger partial charge >= 0.3 is 6.09 Å². The van der Waals surface area contributed by atoms with Gasteiger partial charge in [0.2, 0.25) is 0 Å². The summed E-state index contributed by atoms with van der Waals surface area (Å²) < 4.78 is 5.44. The number of aromatic nitrogens is 1. The maximum atomic E-state index is 12.8. The Bertz CT molecular complexity index is 905. The van der Waals surface area contributed by atoms with Crippen LogP contribution in [0, 0.1) is 0 Å². The quantitative estimate of drug-likeness (QED) is 0.727. The minimum atomic E-state index is -0.509. The number of halogens is 1. The summed E-state index contributed by atoms with van der Waals surface area (Å²) in [5, 5.41) is 6.76. The van der Waals surface area contributed by atoms with Gasteiger partial charge in [0.1, 0.15) is 11.4 Å². The summed E-state index contributed by atoms with van der Waals surface area (Å²) in [4.78, 5) is 31.1. The zero-order valence-corrected chi connectivity index (χ0v) is 18.2. The second-order valence-electron chi connectivity index (χ2n) is 8.25. The van der Waals surface area contributed by atoms with E-state index < -0.39 is 5.60 Å². The van der Waals surface area contributed by atoms with E-state index >= 15 is 0 Å². The molecule has 1 aliphatic heterocycles. The smallest absolute Gasteiger partial charge is 0.410 e. The summed E-state index contributed by atoms with van der Waals surface area (Å²) in [6, 6.07) is 10.6. The Labute approximate surface area is 181 Å². The van der Waals surface area contributed by atoms with Crippen molar-refractivity contribution in [2.45, 2.75) is 45.3 Å². The molecule has 2 aromatic rings. The maximum Gasteiger partial charge on any atom is 0.410 e. The molecule has 8 heteroatoms. The number of carbonyl (C=O) groups is 2. The highest BCUT2D eigenvalue weighted by molar-refractivity contribution is 6.31. The third-order valence-electron chi connectivity index (χ3n) is 4.62. The average Bonchev–Trinajstić information content (AvgIpc) is 2.67. The number of hydrogen-bond acceptors (Lipinski definition) is 5. The van der Waals surface area contributed by atoms with Crippen molar-refractivity contribution in [1.82, 2.24) is 9.88 Å². The van der Waals surface area contributed by atoms with Crippen LogP contribution in [-0.4, -0.2) is 46.6 Å². The second-order valence-corrected chi connectivity index (χ2v) is 8.69. The number of nitrogens with zero attached hydrogens (tertiary/aromatic N) is 2. The van der Waals surface area contributed by atoms with Crippen LogP contribution in [0.5, 0.6) is 0 Å². The molecule has 1 aliphatic rings. The van der Waals surface area contributed by atoms with Crippen molar-refractivity contribution in [3.63, 3.8) is 0 Å². The number of carbonyl (C=O) groups excluding carboxylic acids is 2. The van der Waals surface area contributed by atoms with Gasteiger partial charge in [0.15, 0.2) is 0 Å². The van der Waals surface area contributed by atoms with Crippen molar-refractivity contribution in [3.8, 4) is 0 Å². The Morgan fingerprint density at radius 1 is 1.17 bits per heavy atom. The number of ether oxygens (including phenoxy) is 1. The number of piperidine rings is 1. The Morgan fingerprint density at radius 2 is 1.90 bits per heavy atom. The van der Waals surface area contributed by atoms with Crippen LogP contribution >= 0.6 is 11.6 Å². The summed E-state index contributed by atoms with van der Waals surface area (Å²) in [6.45, 7) is 6.75. The van der Waals surface area contributed by atoms with Gasteiger partial charge in [-0.2, -0.15) is 0 Å². The van der Waals surface area contributed by atoms with Crippen molar-refractivity contribution < 1.29 is 14.3 Å². The molecule has 30 heavy (non-hydrogen) atoms. The van der Waals surface area contributed by atoms with Crippen LogP contribution < -0.4 is 10.6 Å². The zero-order chi connectivity index (χ0) is 21.7. The molecular formula is C22H27ClN4O3. The summed E-state index contributed by atoms with van der Waals surface area (Å²) in [7, 11) is 0. The molecule has 0 atom stereocenters. The fourth-order valence-corrected chi connectivity index (χ4v) is 3.38. The number of rotatable bonds is 4. The number of nitrogens with one attached hydrogen (secondary N) is 2. The third-order valence-corrected chi connectivity index (χ3v) is 4.86. The van der Waals surface area contributed by atoms with E-state index in [-0.39, 0.29) is 18.0 Å². The van der Waals surface area contributed by atoms with Crippen molar-refractivity contribution >= 4 is 35.1 Å². The van der Waals surface area contributed by atoms with Gasteiger partial charge in [0, 0.05) is 36.0 Å². The van der Waals surface area contributed by atoms with Gasteiger partial charge in [0.25, 0.3) is 5.91 Å². The molecule has 0 bridgehead atoms. The Balaban J connectivity index is 1.60. The number of likely N-dealkylation sites (tertiary alicyclic amines) is 1. The van der Waals surface area contributed by atoms with E-state index in [0.29, 0.717) is 35.2 Å². The van der Waals surface area contributed by atoms with Crippen LogP contribution in [0.15, 0.2) is 42.6 Å². The molecule has 1 aromatic carbocycles. The number of anilines is 2. The van der Waals surface area contributed by atoms with Crippen molar-refractivity contribution in [3.05, 3.63) is 53.2 Å². The van der Waals surface area contributed by atoms with Crippen molar-refractivity contribution in [1.29, 1.82) is 0 Å². The Kier molecular flexibility index (Phi) is 6.82. The van der Waals surface area contributed by atoms with Crippen LogP contribution in [0.3, 0.4) is 0 Å². The van der Waals surface area contributed by atoms with E-state index in [2.05, 4.69) is 15.6 Å². The lowest BCUT2D eigenvalue weighted by atomic mass is 10.0. The Hall–Kier alpha value is -2.80. The maximum absolute atomic E-state index is 12.8. The first-order valence-corrected chi connectivity index (χ1v) is 10.4. The fraction of sp³-hybridized carbons (Fsp3) is 0.409.